The first-order chi connectivity index (χ1) is 25.0. The number of aromatic nitrogens is 3. The van der Waals surface area contributed by atoms with Crippen LogP contribution >= 0.6 is 0 Å². The molecule has 2 aromatic carbocycles. The van der Waals surface area contributed by atoms with Gasteiger partial charge in [-0.15, -0.1) is 0 Å². The number of methoxy groups -OCH3 is 1. The van der Waals surface area contributed by atoms with Crippen molar-refractivity contribution in [1.29, 1.82) is 0 Å². The Bertz CT molecular complexity index is 1950. The van der Waals surface area contributed by atoms with Crippen LogP contribution in [0.5, 0.6) is 5.75 Å². The molecule has 52 heavy (non-hydrogen) atoms. The van der Waals surface area contributed by atoms with Crippen molar-refractivity contribution in [1.82, 2.24) is 29.5 Å². The Morgan fingerprint density at radius 1 is 1.12 bits per heavy atom. The van der Waals surface area contributed by atoms with E-state index in [-0.39, 0.29) is 29.6 Å². The Hall–Kier alpha value is -5.72. The number of carboxylic acid groups (broad SMARTS) is 1. The van der Waals surface area contributed by atoms with Crippen LogP contribution in [0.25, 0.3) is 16.9 Å². The molecule has 2 fully saturated rings. The molecule has 2 aliphatic rings. The highest BCUT2D eigenvalue weighted by molar-refractivity contribution is 5.96. The molecule has 18 heteroatoms. The number of nitrogens with two attached hydrogens (primary N) is 1. The number of halogens is 2. The van der Waals surface area contributed by atoms with Gasteiger partial charge in [0.15, 0.2) is 23.0 Å². The lowest BCUT2D eigenvalue weighted by Crippen LogP contribution is -2.54. The number of amides is 2. The molecular weight excluding hydrogens is 686 g/mol. The van der Waals surface area contributed by atoms with Gasteiger partial charge in [0.1, 0.15) is 12.1 Å². The molecule has 0 saturated carbocycles. The molecule has 4 aromatic rings. The van der Waals surface area contributed by atoms with Crippen LogP contribution in [0.2, 0.25) is 0 Å². The zero-order chi connectivity index (χ0) is 37.5. The molecule has 6 rings (SSSR count). The minimum Gasteiger partial charge on any atom is -0.494 e. The van der Waals surface area contributed by atoms with E-state index in [4.69, 9.17) is 30.2 Å². The van der Waals surface area contributed by atoms with Crippen LogP contribution in [0.15, 0.2) is 48.9 Å². The summed E-state index contributed by atoms with van der Waals surface area (Å²) in [6.07, 6.45) is 4.33. The fourth-order valence-corrected chi connectivity index (χ4v) is 6.04. The van der Waals surface area contributed by atoms with E-state index >= 15 is 0 Å². The third-order valence-electron chi connectivity index (χ3n) is 8.74. The van der Waals surface area contributed by atoms with E-state index in [0.29, 0.717) is 67.6 Å². The number of ether oxygens (including phenoxy) is 2. The highest BCUT2D eigenvalue weighted by Crippen LogP contribution is 2.32. The molecule has 6 N–H and O–H groups in total. The van der Waals surface area contributed by atoms with E-state index in [9.17, 15) is 23.2 Å². The molecule has 0 unspecified atom stereocenters. The molecule has 2 amide bonds. The smallest absolute Gasteiger partial charge is 0.325 e. The quantitative estimate of drug-likeness (QED) is 0.122. The summed E-state index contributed by atoms with van der Waals surface area (Å²) < 4.78 is 41.0. The number of benzene rings is 2. The number of anilines is 2. The number of imidazole rings is 1. The van der Waals surface area contributed by atoms with Crippen LogP contribution < -0.4 is 21.1 Å². The number of nitrogens with one attached hydrogen (secondary N) is 2. The van der Waals surface area contributed by atoms with Crippen LogP contribution in [0.4, 0.5) is 20.3 Å². The summed E-state index contributed by atoms with van der Waals surface area (Å²) in [5.41, 5.74) is 8.10. The number of nitrogens with zero attached hydrogens (tertiary/aromatic N) is 5. The zero-order valence-electron chi connectivity index (χ0n) is 28.3. The largest absolute Gasteiger partial charge is 0.494 e. The van der Waals surface area contributed by atoms with Gasteiger partial charge in [0.2, 0.25) is 11.7 Å². The molecule has 4 heterocycles. The lowest BCUT2D eigenvalue weighted by molar-refractivity contribution is -0.151. The number of aliphatic hydroxyl groups is 1. The lowest BCUT2D eigenvalue weighted by Gasteiger charge is -2.36. The van der Waals surface area contributed by atoms with Crippen LogP contribution in [0.3, 0.4) is 0 Å². The average Bonchev–Trinajstić information content (AvgIpc) is 3.80. The maximum atomic E-state index is 14.9. The molecule has 2 aromatic heterocycles. The number of hydrogen-bond acceptors (Lipinski definition) is 12. The van der Waals surface area contributed by atoms with Crippen LogP contribution in [-0.2, 0) is 19.1 Å². The molecule has 3 atom stereocenters. The van der Waals surface area contributed by atoms with Gasteiger partial charge in [-0.3, -0.25) is 23.6 Å². The summed E-state index contributed by atoms with van der Waals surface area (Å²) in [5, 5.41) is 22.2. The Balaban J connectivity index is 0.00000168. The van der Waals surface area contributed by atoms with E-state index in [0.717, 1.165) is 5.56 Å². The van der Waals surface area contributed by atoms with Crippen LogP contribution in [0.1, 0.15) is 22.3 Å². The third kappa shape index (κ3) is 7.93. The number of fused-ring (bicyclic) bond motifs is 1. The standard InChI is InChI=1S/C33H36F2N8O6.CH2O2/c1-18-13-19(40-29-30-39-16-25(43(30)8-7-37-29)22-5-6-26(48-2)28(35)27(22)34)3-4-21(18)31(45)41-9-11-42(12-10-41)32(46)24-14-20(15-38-24)49-33(47)23(36)17-44;2-1-3/h3-8,13,16,20,23-24,38,44H,9-12,14-15,17,36H2,1-2H3,(H,37,40);1H,(H,2,3)/t20-,23+,24+;/m1./s1. The van der Waals surface area contributed by atoms with Gasteiger partial charge in [-0.2, -0.15) is 4.39 Å². The van der Waals surface area contributed by atoms with Gasteiger partial charge in [0.05, 0.1) is 31.6 Å². The number of rotatable bonds is 9. The Morgan fingerprint density at radius 2 is 1.83 bits per heavy atom. The second kappa shape index (κ2) is 16.5. The van der Waals surface area contributed by atoms with Crippen molar-refractivity contribution < 1.29 is 47.6 Å². The van der Waals surface area contributed by atoms with Crippen molar-refractivity contribution in [3.63, 3.8) is 0 Å². The van der Waals surface area contributed by atoms with E-state index in [2.05, 4.69) is 20.6 Å². The Labute approximate surface area is 296 Å². The molecule has 276 valence electrons. The zero-order valence-corrected chi connectivity index (χ0v) is 28.3. The fourth-order valence-electron chi connectivity index (χ4n) is 6.04. The minimum absolute atomic E-state index is 0.0129. The van der Waals surface area contributed by atoms with E-state index in [1.54, 1.807) is 32.5 Å². The highest BCUT2D eigenvalue weighted by atomic mass is 19.2. The summed E-state index contributed by atoms with van der Waals surface area (Å²) in [6, 6.07) is 6.41. The van der Waals surface area contributed by atoms with Gasteiger partial charge in [0.25, 0.3) is 12.4 Å². The van der Waals surface area contributed by atoms with E-state index in [1.807, 2.05) is 13.0 Å². The van der Waals surface area contributed by atoms with Gasteiger partial charge in [-0.05, 0) is 42.8 Å². The monoisotopic (exact) mass is 724 g/mol. The third-order valence-corrected chi connectivity index (χ3v) is 8.74. The van der Waals surface area contributed by atoms with Crippen molar-refractivity contribution in [3.8, 4) is 17.0 Å². The number of aliphatic hydroxyl groups excluding tert-OH is 1. The van der Waals surface area contributed by atoms with Crippen molar-refractivity contribution in [2.45, 2.75) is 31.5 Å². The summed E-state index contributed by atoms with van der Waals surface area (Å²) >= 11 is 0. The van der Waals surface area contributed by atoms with Gasteiger partial charge in [0, 0.05) is 68.4 Å². The van der Waals surface area contributed by atoms with Gasteiger partial charge in [-0.25, -0.2) is 14.4 Å². The fraction of sp³-hybridized carbons (Fsp3) is 0.353. The number of piperazine rings is 1. The lowest BCUT2D eigenvalue weighted by atomic mass is 10.1. The molecule has 0 radical (unpaired) electrons. The predicted molar refractivity (Wildman–Crippen MR) is 182 cm³/mol. The molecule has 0 bridgehead atoms. The van der Waals surface area contributed by atoms with E-state index < -0.39 is 42.4 Å². The predicted octanol–water partition coefficient (Wildman–Crippen LogP) is 1.31. The summed E-state index contributed by atoms with van der Waals surface area (Å²) in [7, 11) is 1.26. The molecular formula is C34H38F2N8O8. The maximum absolute atomic E-state index is 14.9. The topological polar surface area (TPSA) is 214 Å². The highest BCUT2D eigenvalue weighted by Gasteiger charge is 2.36. The van der Waals surface area contributed by atoms with E-state index in [1.165, 1.54) is 31.6 Å². The molecule has 0 aliphatic carbocycles. The first-order valence-electron chi connectivity index (χ1n) is 16.2. The molecule has 2 aliphatic heterocycles. The SMILES string of the molecule is COc1ccc(-c2cnc3c(Nc4ccc(C(=O)N5CCN(C(=O)[C@@H]6C[C@@H](OC(=O)[C@@H](N)CO)CN6)CC5)c(C)c4)nccn23)c(F)c1F.O=CO. The normalized spacial score (nSPS) is 17.6. The molecule has 0 spiro atoms. The number of carbonyl (C=O) groups is 4. The van der Waals surface area contributed by atoms with Crippen molar-refractivity contribution in [2.75, 3.05) is 51.8 Å². The van der Waals surface area contributed by atoms with Crippen LogP contribution in [0, 0.1) is 18.6 Å². The summed E-state index contributed by atoms with van der Waals surface area (Å²) in [6.45, 7) is 2.78. The molecule has 16 nitrogen and oxygen atoms in total. The second-order valence-electron chi connectivity index (χ2n) is 12.0. The van der Waals surface area contributed by atoms with Crippen molar-refractivity contribution in [3.05, 3.63) is 71.7 Å². The van der Waals surface area contributed by atoms with Gasteiger partial charge in [-0.1, -0.05) is 0 Å². The van der Waals surface area contributed by atoms with Gasteiger partial charge < -0.3 is 45.9 Å². The first-order valence-corrected chi connectivity index (χ1v) is 16.2. The average molecular weight is 725 g/mol. The maximum Gasteiger partial charge on any atom is 0.325 e. The first kappa shape index (κ1) is 37.5. The number of carbonyl (C=O) groups excluding carboxylic acids is 3. The van der Waals surface area contributed by atoms with Gasteiger partial charge >= 0.3 is 5.97 Å². The number of esters is 1. The number of aryl methyl sites for hydroxylation is 1. The summed E-state index contributed by atoms with van der Waals surface area (Å²) in [4.78, 5) is 59.0. The summed E-state index contributed by atoms with van der Waals surface area (Å²) in [5.74, 6) is -2.97. The van der Waals surface area contributed by atoms with Crippen LogP contribution in [-0.4, -0.2) is 123 Å². The van der Waals surface area contributed by atoms with Crippen molar-refractivity contribution in [2.24, 2.45) is 5.73 Å². The molecule has 2 saturated heterocycles. The second-order valence-corrected chi connectivity index (χ2v) is 12.0. The minimum atomic E-state index is -1.12. The number of hydrogen-bond donors (Lipinski definition) is 5. The van der Waals surface area contributed by atoms with Crippen molar-refractivity contribution >= 4 is 41.4 Å². The Morgan fingerprint density at radius 3 is 2.50 bits per heavy atom. The Kier molecular flexibility index (Phi) is 11.9.